The number of hydrogen-bond acceptors (Lipinski definition) is 2. The molecular formula is C37H36NO2+. The zero-order valence-electron chi connectivity index (χ0n) is 23.7. The molecule has 0 aromatic heterocycles. The first-order valence-electron chi connectivity index (χ1n) is 13.9. The summed E-state index contributed by atoms with van der Waals surface area (Å²) in [6.45, 7) is 4.29. The molecule has 0 aliphatic carbocycles. The van der Waals surface area contributed by atoms with Gasteiger partial charge in [-0.25, -0.2) is 0 Å². The van der Waals surface area contributed by atoms with Gasteiger partial charge in [0.15, 0.2) is 0 Å². The van der Waals surface area contributed by atoms with Gasteiger partial charge >= 0.3 is 0 Å². The van der Waals surface area contributed by atoms with Crippen molar-refractivity contribution < 1.29 is 14.0 Å². The van der Waals surface area contributed by atoms with Gasteiger partial charge < -0.3 is 14.0 Å². The Hall–Kier alpha value is -4.34. The van der Waals surface area contributed by atoms with E-state index in [1.54, 1.807) is 14.2 Å². The van der Waals surface area contributed by atoms with Gasteiger partial charge in [0.2, 0.25) is 0 Å². The Kier molecular flexibility index (Phi) is 6.91. The molecule has 5 aromatic carbocycles. The largest absolute Gasteiger partial charge is 0.497 e. The average Bonchev–Trinajstić information content (AvgIpc) is 3.14. The lowest BCUT2D eigenvalue weighted by Gasteiger charge is -2.40. The van der Waals surface area contributed by atoms with Gasteiger partial charge in [-0.1, -0.05) is 78.9 Å². The van der Waals surface area contributed by atoms with Crippen LogP contribution in [0.2, 0.25) is 0 Å². The fraction of sp³-hybridized carbons (Fsp3) is 0.189. The van der Waals surface area contributed by atoms with Gasteiger partial charge in [-0.3, -0.25) is 0 Å². The van der Waals surface area contributed by atoms with Crippen LogP contribution in [-0.2, 0) is 13.1 Å². The predicted molar refractivity (Wildman–Crippen MR) is 164 cm³/mol. The highest BCUT2D eigenvalue weighted by Gasteiger charge is 2.35. The second-order valence-electron chi connectivity index (χ2n) is 11.1. The average molecular weight is 527 g/mol. The predicted octanol–water partition coefficient (Wildman–Crippen LogP) is 8.93. The van der Waals surface area contributed by atoms with E-state index in [-0.39, 0.29) is 0 Å². The Bertz CT molecular complexity index is 1520. The molecule has 0 saturated heterocycles. The molecule has 0 amide bonds. The molecule has 200 valence electrons. The van der Waals surface area contributed by atoms with Gasteiger partial charge in [0, 0.05) is 16.7 Å². The SMILES string of the molecule is COc1ccc(-c2ccc3c(c2)-c2cc(-c4ccc(OC)cc4)ccc2C[N+](C)([C@@H](C)c2ccccc2)C3)cc1. The van der Waals surface area contributed by atoms with Crippen molar-refractivity contribution in [3.8, 4) is 44.9 Å². The Labute approximate surface area is 237 Å². The molecule has 1 heterocycles. The van der Waals surface area contributed by atoms with Crippen LogP contribution in [0.15, 0.2) is 115 Å². The smallest absolute Gasteiger partial charge is 0.118 e. The van der Waals surface area contributed by atoms with Crippen LogP contribution in [0.25, 0.3) is 33.4 Å². The third kappa shape index (κ3) is 4.89. The lowest BCUT2D eigenvalue weighted by molar-refractivity contribution is -0.962. The minimum absolute atomic E-state index is 0.350. The minimum Gasteiger partial charge on any atom is -0.497 e. The number of fused-ring (bicyclic) bond motifs is 3. The lowest BCUT2D eigenvalue weighted by atomic mass is 9.90. The monoisotopic (exact) mass is 526 g/mol. The summed E-state index contributed by atoms with van der Waals surface area (Å²) < 4.78 is 11.7. The van der Waals surface area contributed by atoms with E-state index in [2.05, 4.69) is 105 Å². The number of rotatable bonds is 6. The molecular weight excluding hydrogens is 490 g/mol. The topological polar surface area (TPSA) is 18.5 Å². The van der Waals surface area contributed by atoms with Crippen molar-refractivity contribution in [3.63, 3.8) is 0 Å². The first-order chi connectivity index (χ1) is 19.5. The zero-order valence-corrected chi connectivity index (χ0v) is 23.7. The number of hydrogen-bond donors (Lipinski definition) is 0. The molecule has 0 spiro atoms. The molecule has 0 saturated carbocycles. The van der Waals surface area contributed by atoms with Crippen molar-refractivity contribution in [1.82, 2.24) is 0 Å². The summed E-state index contributed by atoms with van der Waals surface area (Å²) in [5.74, 6) is 1.74. The van der Waals surface area contributed by atoms with E-state index < -0.39 is 0 Å². The van der Waals surface area contributed by atoms with E-state index in [1.165, 1.54) is 50.1 Å². The number of ether oxygens (including phenoxy) is 2. The van der Waals surface area contributed by atoms with Crippen LogP contribution in [0.4, 0.5) is 0 Å². The van der Waals surface area contributed by atoms with Crippen molar-refractivity contribution in [2.45, 2.75) is 26.1 Å². The molecule has 3 nitrogen and oxygen atoms in total. The quantitative estimate of drug-likeness (QED) is 0.206. The number of nitrogens with zero attached hydrogens (tertiary/aromatic N) is 1. The highest BCUT2D eigenvalue weighted by molar-refractivity contribution is 5.81. The lowest BCUT2D eigenvalue weighted by Crippen LogP contribution is -2.44. The standard InChI is InChI=1S/C37H36NO2/c1-26(27-8-6-5-7-9-27)38(2)24-32-12-10-30(28-14-18-34(39-3)19-15-28)22-36(32)37-23-31(11-13-33(37)25-38)29-16-20-35(40-4)21-17-29/h5-23,26H,24-25H2,1-4H3/q+1/t26-/m0/s1. The highest BCUT2D eigenvalue weighted by atomic mass is 16.5. The first kappa shape index (κ1) is 25.9. The molecule has 1 atom stereocenters. The molecule has 0 radical (unpaired) electrons. The molecule has 40 heavy (non-hydrogen) atoms. The summed E-state index contributed by atoms with van der Waals surface area (Å²) in [5.41, 5.74) is 11.6. The molecule has 1 aliphatic heterocycles. The van der Waals surface area contributed by atoms with Gasteiger partial charge in [0.05, 0.1) is 21.3 Å². The first-order valence-corrected chi connectivity index (χ1v) is 13.9. The number of methoxy groups -OCH3 is 2. The summed E-state index contributed by atoms with van der Waals surface area (Å²) >= 11 is 0. The van der Waals surface area contributed by atoms with Crippen LogP contribution in [0, 0.1) is 0 Å². The maximum atomic E-state index is 5.40. The summed E-state index contributed by atoms with van der Waals surface area (Å²) in [4.78, 5) is 0. The molecule has 3 heteroatoms. The second kappa shape index (κ2) is 10.7. The van der Waals surface area contributed by atoms with Gasteiger partial charge in [-0.2, -0.15) is 0 Å². The van der Waals surface area contributed by atoms with Crippen LogP contribution in [0.3, 0.4) is 0 Å². The second-order valence-corrected chi connectivity index (χ2v) is 11.1. The van der Waals surface area contributed by atoms with E-state index in [9.17, 15) is 0 Å². The zero-order chi connectivity index (χ0) is 27.7. The third-order valence-corrected chi connectivity index (χ3v) is 8.64. The van der Waals surface area contributed by atoms with Gasteiger partial charge in [-0.05, 0) is 76.7 Å². The van der Waals surface area contributed by atoms with Crippen LogP contribution in [0.1, 0.15) is 29.7 Å². The normalized spacial score (nSPS) is 14.4. The fourth-order valence-electron chi connectivity index (χ4n) is 6.06. The van der Waals surface area contributed by atoms with Gasteiger partial charge in [-0.15, -0.1) is 0 Å². The summed E-state index contributed by atoms with van der Waals surface area (Å²) in [6.07, 6.45) is 0. The van der Waals surface area contributed by atoms with Crippen LogP contribution >= 0.6 is 0 Å². The van der Waals surface area contributed by atoms with Crippen molar-refractivity contribution in [1.29, 1.82) is 0 Å². The van der Waals surface area contributed by atoms with Gasteiger partial charge in [0.1, 0.15) is 30.6 Å². The molecule has 0 bridgehead atoms. The number of quaternary nitrogens is 1. The fourth-order valence-corrected chi connectivity index (χ4v) is 6.06. The molecule has 5 aromatic rings. The Morgan fingerprint density at radius 1 is 0.550 bits per heavy atom. The van der Waals surface area contributed by atoms with Crippen LogP contribution < -0.4 is 9.47 Å². The van der Waals surface area contributed by atoms with E-state index >= 15 is 0 Å². The molecule has 6 rings (SSSR count). The Morgan fingerprint density at radius 2 is 0.975 bits per heavy atom. The summed E-state index contributed by atoms with van der Waals surface area (Å²) in [7, 11) is 5.83. The minimum atomic E-state index is 0.350. The molecule has 1 aliphatic rings. The molecule has 0 fully saturated rings. The summed E-state index contributed by atoms with van der Waals surface area (Å²) in [5, 5.41) is 0. The maximum absolute atomic E-state index is 5.40. The van der Waals surface area contributed by atoms with Crippen molar-refractivity contribution in [2.75, 3.05) is 21.3 Å². The Balaban J connectivity index is 1.50. The van der Waals surface area contributed by atoms with Crippen LogP contribution in [-0.4, -0.2) is 25.8 Å². The molecule has 0 N–H and O–H groups in total. The van der Waals surface area contributed by atoms with Crippen molar-refractivity contribution in [2.24, 2.45) is 0 Å². The summed E-state index contributed by atoms with van der Waals surface area (Å²) in [6, 6.07) is 42.0. The molecule has 0 unspecified atom stereocenters. The maximum Gasteiger partial charge on any atom is 0.118 e. The van der Waals surface area contributed by atoms with Crippen molar-refractivity contribution in [3.05, 3.63) is 132 Å². The van der Waals surface area contributed by atoms with E-state index in [4.69, 9.17) is 9.47 Å². The van der Waals surface area contributed by atoms with E-state index in [0.29, 0.717) is 6.04 Å². The third-order valence-electron chi connectivity index (χ3n) is 8.64. The number of benzene rings is 5. The van der Waals surface area contributed by atoms with E-state index in [0.717, 1.165) is 29.1 Å². The Morgan fingerprint density at radius 3 is 1.40 bits per heavy atom. The van der Waals surface area contributed by atoms with E-state index in [1.807, 2.05) is 24.3 Å². The van der Waals surface area contributed by atoms with Crippen molar-refractivity contribution >= 4 is 0 Å². The highest BCUT2D eigenvalue weighted by Crippen LogP contribution is 2.43. The van der Waals surface area contributed by atoms with Crippen LogP contribution in [0.5, 0.6) is 11.5 Å². The van der Waals surface area contributed by atoms with Gasteiger partial charge in [0.25, 0.3) is 0 Å².